The lowest BCUT2D eigenvalue weighted by molar-refractivity contribution is 0.259. The number of hydrogen-bond acceptors (Lipinski definition) is 2. The number of hydrogen-bond donors (Lipinski definition) is 2. The van der Waals surface area contributed by atoms with E-state index >= 15 is 0 Å². The number of urea groups is 1. The van der Waals surface area contributed by atoms with Gasteiger partial charge in [-0.1, -0.05) is 0 Å². The molecule has 1 aromatic heterocycles. The fraction of sp³-hybridized carbons (Fsp3) is 0.333. The molecule has 0 unspecified atom stereocenters. The van der Waals surface area contributed by atoms with Crippen molar-refractivity contribution in [3.63, 3.8) is 0 Å². The third-order valence-corrected chi connectivity index (χ3v) is 1.49. The maximum atomic E-state index is 10.4. The minimum Gasteiger partial charge on any atom is -0.351 e. The van der Waals surface area contributed by atoms with Gasteiger partial charge >= 0.3 is 6.03 Å². The van der Waals surface area contributed by atoms with Crippen molar-refractivity contribution in [2.75, 3.05) is 5.32 Å². The van der Waals surface area contributed by atoms with Crippen LogP contribution in [-0.2, 0) is 7.05 Å². The number of anilines is 1. The number of nitrogens with two attached hydrogens (primary N) is 1. The number of rotatable bonds is 1. The van der Waals surface area contributed by atoms with E-state index in [9.17, 15) is 4.79 Å². The van der Waals surface area contributed by atoms with Crippen LogP contribution < -0.4 is 11.1 Å². The lowest BCUT2D eigenvalue weighted by atomic mass is 10.4. The highest BCUT2D eigenvalue weighted by Crippen LogP contribution is 2.10. The number of aryl methyl sites for hydroxylation is 1. The first-order valence-electron chi connectivity index (χ1n) is 3.16. The van der Waals surface area contributed by atoms with E-state index in [1.54, 1.807) is 17.9 Å². The molecule has 0 aliphatic rings. The van der Waals surface area contributed by atoms with Crippen molar-refractivity contribution in [1.29, 1.82) is 0 Å². The van der Waals surface area contributed by atoms with Crippen molar-refractivity contribution in [1.82, 2.24) is 9.78 Å². The van der Waals surface area contributed by atoms with Gasteiger partial charge in [-0.3, -0.25) is 4.68 Å². The highest BCUT2D eigenvalue weighted by Gasteiger charge is 2.03. The second kappa shape index (κ2) is 2.61. The summed E-state index contributed by atoms with van der Waals surface area (Å²) in [6, 6.07) is -0.568. The molecule has 0 aromatic carbocycles. The van der Waals surface area contributed by atoms with Crippen LogP contribution in [-0.4, -0.2) is 15.8 Å². The van der Waals surface area contributed by atoms with Gasteiger partial charge in [-0.25, -0.2) is 4.79 Å². The van der Waals surface area contributed by atoms with E-state index < -0.39 is 6.03 Å². The predicted molar refractivity (Wildman–Crippen MR) is 41.2 cm³/mol. The zero-order valence-electron chi connectivity index (χ0n) is 6.46. The van der Waals surface area contributed by atoms with Gasteiger partial charge in [0.25, 0.3) is 0 Å². The Morgan fingerprint density at radius 1 is 1.82 bits per heavy atom. The molecule has 0 saturated carbocycles. The summed E-state index contributed by atoms with van der Waals surface area (Å²) in [6.45, 7) is 1.85. The molecule has 0 aliphatic heterocycles. The summed E-state index contributed by atoms with van der Waals surface area (Å²) in [6.07, 6.45) is 1.56. The van der Waals surface area contributed by atoms with Crippen molar-refractivity contribution < 1.29 is 4.79 Å². The molecule has 0 bridgehead atoms. The van der Waals surface area contributed by atoms with Crippen LogP contribution in [0.5, 0.6) is 0 Å². The van der Waals surface area contributed by atoms with Gasteiger partial charge in [-0.2, -0.15) is 5.10 Å². The zero-order chi connectivity index (χ0) is 8.43. The number of nitrogens with one attached hydrogen (secondary N) is 1. The Bertz CT molecular complexity index is 278. The number of primary amides is 1. The number of amides is 2. The van der Waals surface area contributed by atoms with Crippen LogP contribution in [0.1, 0.15) is 5.69 Å². The van der Waals surface area contributed by atoms with Gasteiger partial charge in [0.05, 0.1) is 17.6 Å². The van der Waals surface area contributed by atoms with Gasteiger partial charge in [-0.05, 0) is 6.92 Å². The van der Waals surface area contributed by atoms with E-state index in [0.29, 0.717) is 5.69 Å². The number of aromatic nitrogens is 2. The van der Waals surface area contributed by atoms with Crippen molar-refractivity contribution in [3.8, 4) is 0 Å². The van der Waals surface area contributed by atoms with Crippen LogP contribution in [0.2, 0.25) is 0 Å². The lowest BCUT2D eigenvalue weighted by Gasteiger charge is -1.98. The summed E-state index contributed by atoms with van der Waals surface area (Å²) < 4.78 is 1.66. The maximum absolute atomic E-state index is 10.4. The smallest absolute Gasteiger partial charge is 0.316 e. The topological polar surface area (TPSA) is 72.9 Å². The standard InChI is InChI=1S/C6H10N4O/c1-4-5(9-6(7)11)3-8-10(4)2/h3H,1-2H3,(H3,7,9,11). The Balaban J connectivity index is 2.87. The van der Waals surface area contributed by atoms with Crippen LogP contribution in [0.15, 0.2) is 6.20 Å². The highest BCUT2D eigenvalue weighted by molar-refractivity contribution is 5.88. The molecule has 0 saturated heterocycles. The van der Waals surface area contributed by atoms with Gasteiger partial charge in [0.2, 0.25) is 0 Å². The molecule has 5 heteroatoms. The molecule has 5 nitrogen and oxygen atoms in total. The molecular weight excluding hydrogens is 144 g/mol. The molecule has 0 fully saturated rings. The summed E-state index contributed by atoms with van der Waals surface area (Å²) in [5.41, 5.74) is 6.45. The third kappa shape index (κ3) is 1.49. The molecule has 0 spiro atoms. The SMILES string of the molecule is Cc1c(NC(N)=O)cnn1C. The number of nitrogens with zero attached hydrogens (tertiary/aromatic N) is 2. The van der Waals surface area contributed by atoms with Crippen LogP contribution in [0.25, 0.3) is 0 Å². The molecule has 0 atom stereocenters. The van der Waals surface area contributed by atoms with E-state index in [2.05, 4.69) is 10.4 Å². The second-order valence-electron chi connectivity index (χ2n) is 2.26. The fourth-order valence-electron chi connectivity index (χ4n) is 0.754. The first kappa shape index (κ1) is 7.59. The Morgan fingerprint density at radius 2 is 2.45 bits per heavy atom. The first-order chi connectivity index (χ1) is 5.11. The van der Waals surface area contributed by atoms with E-state index in [0.717, 1.165) is 5.69 Å². The van der Waals surface area contributed by atoms with Gasteiger partial charge in [0.1, 0.15) is 0 Å². The minimum absolute atomic E-state index is 0.568. The van der Waals surface area contributed by atoms with Crippen LogP contribution in [0.4, 0.5) is 10.5 Å². The maximum Gasteiger partial charge on any atom is 0.316 e. The Morgan fingerprint density at radius 3 is 2.82 bits per heavy atom. The molecule has 60 valence electrons. The fourth-order valence-corrected chi connectivity index (χ4v) is 0.754. The monoisotopic (exact) mass is 154 g/mol. The Labute approximate surface area is 64.2 Å². The van der Waals surface area contributed by atoms with Crippen molar-refractivity contribution in [2.45, 2.75) is 6.92 Å². The average molecular weight is 154 g/mol. The van der Waals surface area contributed by atoms with Crippen LogP contribution in [0.3, 0.4) is 0 Å². The van der Waals surface area contributed by atoms with E-state index in [-0.39, 0.29) is 0 Å². The Kier molecular flexibility index (Phi) is 1.80. The van der Waals surface area contributed by atoms with E-state index in [1.165, 1.54) is 0 Å². The van der Waals surface area contributed by atoms with E-state index in [1.807, 2.05) is 6.92 Å². The van der Waals surface area contributed by atoms with Crippen molar-refractivity contribution in [2.24, 2.45) is 12.8 Å². The van der Waals surface area contributed by atoms with Gasteiger partial charge in [0.15, 0.2) is 0 Å². The third-order valence-electron chi connectivity index (χ3n) is 1.49. The molecule has 1 aromatic rings. The number of carbonyl (C=O) groups excluding carboxylic acids is 1. The van der Waals surface area contributed by atoms with Gasteiger partial charge in [-0.15, -0.1) is 0 Å². The molecule has 0 radical (unpaired) electrons. The Hall–Kier alpha value is -1.52. The summed E-state index contributed by atoms with van der Waals surface area (Å²) in [7, 11) is 1.79. The van der Waals surface area contributed by atoms with Crippen LogP contribution in [0, 0.1) is 6.92 Å². The summed E-state index contributed by atoms with van der Waals surface area (Å²) >= 11 is 0. The average Bonchev–Trinajstić information content (AvgIpc) is 2.18. The highest BCUT2D eigenvalue weighted by atomic mass is 16.2. The zero-order valence-corrected chi connectivity index (χ0v) is 6.46. The van der Waals surface area contributed by atoms with Crippen molar-refractivity contribution >= 4 is 11.7 Å². The molecular formula is C6H10N4O. The largest absolute Gasteiger partial charge is 0.351 e. The van der Waals surface area contributed by atoms with Crippen LogP contribution >= 0.6 is 0 Å². The number of carbonyl (C=O) groups is 1. The molecule has 2 amide bonds. The van der Waals surface area contributed by atoms with Gasteiger partial charge < -0.3 is 11.1 Å². The van der Waals surface area contributed by atoms with Crippen molar-refractivity contribution in [3.05, 3.63) is 11.9 Å². The van der Waals surface area contributed by atoms with Gasteiger partial charge in [0, 0.05) is 7.05 Å². The minimum atomic E-state index is -0.568. The molecule has 11 heavy (non-hydrogen) atoms. The summed E-state index contributed by atoms with van der Waals surface area (Å²) in [5, 5.41) is 6.36. The lowest BCUT2D eigenvalue weighted by Crippen LogP contribution is -2.19. The first-order valence-corrected chi connectivity index (χ1v) is 3.16. The normalized spacial score (nSPS) is 9.64. The second-order valence-corrected chi connectivity index (χ2v) is 2.26. The molecule has 1 heterocycles. The summed E-state index contributed by atoms with van der Waals surface area (Å²) in [4.78, 5) is 10.4. The quantitative estimate of drug-likeness (QED) is 0.607. The van der Waals surface area contributed by atoms with E-state index in [4.69, 9.17) is 5.73 Å². The molecule has 1 rings (SSSR count). The molecule has 3 N–H and O–H groups in total. The predicted octanol–water partition coefficient (Wildman–Crippen LogP) is 0.219. The summed E-state index contributed by atoms with van der Waals surface area (Å²) in [5.74, 6) is 0. The molecule has 0 aliphatic carbocycles.